The number of carbonyl (C=O) groups excluding carboxylic acids is 1. The fraction of sp³-hybridized carbons (Fsp3) is 0.182. The molecule has 0 aliphatic rings. The maximum absolute atomic E-state index is 11.0. The maximum Gasteiger partial charge on any atom is 0.303 e. The summed E-state index contributed by atoms with van der Waals surface area (Å²) in [7, 11) is 0. The molecule has 0 saturated carbocycles. The Balaban J connectivity index is 2.32. The Morgan fingerprint density at radius 2 is 1.94 bits per heavy atom. The molecule has 0 aliphatic heterocycles. The molecule has 1 aromatic carbocycles. The molecular formula is C11H12N2O3. The van der Waals surface area contributed by atoms with Crippen molar-refractivity contribution >= 4 is 18.1 Å². The van der Waals surface area contributed by atoms with Crippen molar-refractivity contribution in [3.05, 3.63) is 35.9 Å². The normalized spacial score (nSPS) is 10.2. The topological polar surface area (TPSA) is 78.8 Å². The van der Waals surface area contributed by atoms with Crippen LogP contribution in [0.25, 0.3) is 0 Å². The monoisotopic (exact) mass is 220 g/mol. The van der Waals surface area contributed by atoms with E-state index >= 15 is 0 Å². The summed E-state index contributed by atoms with van der Waals surface area (Å²) in [6, 6.07) is 9.27. The highest BCUT2D eigenvalue weighted by Gasteiger charge is 2.03. The smallest absolute Gasteiger partial charge is 0.303 e. The first kappa shape index (κ1) is 11.9. The first-order valence-corrected chi connectivity index (χ1v) is 4.77. The van der Waals surface area contributed by atoms with Gasteiger partial charge < -0.3 is 5.11 Å². The molecule has 1 aromatic rings. The molecule has 0 atom stereocenters. The number of hydrazone groups is 1. The van der Waals surface area contributed by atoms with Crippen LogP contribution in [0.2, 0.25) is 0 Å². The second kappa shape index (κ2) is 6.34. The van der Waals surface area contributed by atoms with E-state index in [0.717, 1.165) is 5.56 Å². The molecular weight excluding hydrogens is 208 g/mol. The second-order valence-corrected chi connectivity index (χ2v) is 3.10. The van der Waals surface area contributed by atoms with Crippen molar-refractivity contribution in [1.82, 2.24) is 5.43 Å². The molecule has 5 nitrogen and oxygen atoms in total. The van der Waals surface area contributed by atoms with Crippen molar-refractivity contribution in [3.8, 4) is 0 Å². The van der Waals surface area contributed by atoms with Gasteiger partial charge in [0.25, 0.3) is 0 Å². The van der Waals surface area contributed by atoms with Crippen LogP contribution in [0, 0.1) is 0 Å². The molecule has 84 valence electrons. The van der Waals surface area contributed by atoms with E-state index in [1.807, 2.05) is 30.3 Å². The summed E-state index contributed by atoms with van der Waals surface area (Å²) in [6.45, 7) is 0. The SMILES string of the molecule is O=C(O)CCC(=O)NN=Cc1ccccc1. The third-order valence-electron chi connectivity index (χ3n) is 1.77. The predicted octanol–water partition coefficient (Wildman–Crippen LogP) is 1.00. The number of benzene rings is 1. The van der Waals surface area contributed by atoms with E-state index in [0.29, 0.717) is 0 Å². The molecule has 5 heteroatoms. The largest absolute Gasteiger partial charge is 0.481 e. The average Bonchev–Trinajstić information content (AvgIpc) is 2.28. The molecule has 0 aromatic heterocycles. The van der Waals surface area contributed by atoms with Gasteiger partial charge in [0.2, 0.25) is 5.91 Å². The molecule has 2 N–H and O–H groups in total. The average molecular weight is 220 g/mol. The summed E-state index contributed by atoms with van der Waals surface area (Å²) in [5.41, 5.74) is 3.12. The zero-order chi connectivity index (χ0) is 11.8. The zero-order valence-electron chi connectivity index (χ0n) is 8.59. The van der Waals surface area contributed by atoms with Crippen molar-refractivity contribution in [2.45, 2.75) is 12.8 Å². The molecule has 0 spiro atoms. The lowest BCUT2D eigenvalue weighted by molar-refractivity contribution is -0.138. The summed E-state index contributed by atoms with van der Waals surface area (Å²) in [5, 5.41) is 12.0. The number of nitrogens with zero attached hydrogens (tertiary/aromatic N) is 1. The molecule has 0 aliphatic carbocycles. The molecule has 0 fully saturated rings. The van der Waals surface area contributed by atoms with E-state index in [-0.39, 0.29) is 12.8 Å². The van der Waals surface area contributed by atoms with Crippen molar-refractivity contribution in [2.75, 3.05) is 0 Å². The van der Waals surface area contributed by atoms with E-state index in [4.69, 9.17) is 5.11 Å². The standard InChI is InChI=1S/C11H12N2O3/c14-10(6-7-11(15)16)13-12-8-9-4-2-1-3-5-9/h1-5,8H,6-7H2,(H,13,14)(H,15,16). The van der Waals surface area contributed by atoms with Crippen LogP contribution in [-0.4, -0.2) is 23.2 Å². The number of amides is 1. The van der Waals surface area contributed by atoms with Gasteiger partial charge in [0.15, 0.2) is 0 Å². The molecule has 0 radical (unpaired) electrons. The summed E-state index contributed by atoms with van der Waals surface area (Å²) in [6.07, 6.45) is 1.24. The van der Waals surface area contributed by atoms with Gasteiger partial charge in [-0.25, -0.2) is 5.43 Å². The van der Waals surface area contributed by atoms with Gasteiger partial charge >= 0.3 is 5.97 Å². The fourth-order valence-electron chi connectivity index (χ4n) is 0.994. The Morgan fingerprint density at radius 1 is 1.25 bits per heavy atom. The van der Waals surface area contributed by atoms with E-state index < -0.39 is 11.9 Å². The van der Waals surface area contributed by atoms with Gasteiger partial charge in [-0.2, -0.15) is 5.10 Å². The number of carboxylic acids is 1. The first-order chi connectivity index (χ1) is 7.68. The highest BCUT2D eigenvalue weighted by Crippen LogP contribution is 1.93. The van der Waals surface area contributed by atoms with E-state index in [9.17, 15) is 9.59 Å². The first-order valence-electron chi connectivity index (χ1n) is 4.77. The Hall–Kier alpha value is -2.17. The van der Waals surface area contributed by atoms with Gasteiger partial charge in [0.1, 0.15) is 0 Å². The van der Waals surface area contributed by atoms with Crippen LogP contribution in [0.4, 0.5) is 0 Å². The molecule has 0 saturated heterocycles. The number of carboxylic acid groups (broad SMARTS) is 1. The number of carbonyl (C=O) groups is 2. The molecule has 0 heterocycles. The lowest BCUT2D eigenvalue weighted by Gasteiger charge is -1.96. The number of hydrogen-bond donors (Lipinski definition) is 2. The minimum absolute atomic E-state index is 0.0680. The lowest BCUT2D eigenvalue weighted by atomic mass is 10.2. The lowest BCUT2D eigenvalue weighted by Crippen LogP contribution is -2.18. The van der Waals surface area contributed by atoms with E-state index in [1.54, 1.807) is 0 Å². The van der Waals surface area contributed by atoms with Gasteiger partial charge in [-0.15, -0.1) is 0 Å². The van der Waals surface area contributed by atoms with E-state index in [1.165, 1.54) is 6.21 Å². The highest BCUT2D eigenvalue weighted by molar-refractivity contribution is 5.83. The van der Waals surface area contributed by atoms with Crippen molar-refractivity contribution in [3.63, 3.8) is 0 Å². The quantitative estimate of drug-likeness (QED) is 0.574. The number of nitrogens with one attached hydrogen (secondary N) is 1. The zero-order valence-corrected chi connectivity index (χ0v) is 8.59. The second-order valence-electron chi connectivity index (χ2n) is 3.10. The van der Waals surface area contributed by atoms with Crippen molar-refractivity contribution in [2.24, 2.45) is 5.10 Å². The van der Waals surface area contributed by atoms with Crippen molar-refractivity contribution < 1.29 is 14.7 Å². The predicted molar refractivity (Wildman–Crippen MR) is 59.0 cm³/mol. The minimum Gasteiger partial charge on any atom is -0.481 e. The Labute approximate surface area is 92.8 Å². The van der Waals surface area contributed by atoms with Crippen LogP contribution in [-0.2, 0) is 9.59 Å². The Morgan fingerprint density at radius 3 is 2.56 bits per heavy atom. The van der Waals surface area contributed by atoms with Crippen LogP contribution < -0.4 is 5.43 Å². The molecule has 1 rings (SSSR count). The molecule has 0 unspecified atom stereocenters. The van der Waals surface area contributed by atoms with Crippen LogP contribution in [0.15, 0.2) is 35.4 Å². The minimum atomic E-state index is -0.998. The Kier molecular flexibility index (Phi) is 4.72. The molecule has 16 heavy (non-hydrogen) atoms. The number of rotatable bonds is 5. The maximum atomic E-state index is 11.0. The van der Waals surface area contributed by atoms with Gasteiger partial charge in [-0.3, -0.25) is 9.59 Å². The van der Waals surface area contributed by atoms with Crippen molar-refractivity contribution in [1.29, 1.82) is 0 Å². The Bertz CT molecular complexity index is 387. The van der Waals surface area contributed by atoms with Gasteiger partial charge in [0.05, 0.1) is 12.6 Å². The molecule has 1 amide bonds. The fourth-order valence-corrected chi connectivity index (χ4v) is 0.994. The summed E-state index contributed by atoms with van der Waals surface area (Å²) in [4.78, 5) is 21.2. The number of aliphatic carboxylic acids is 1. The van der Waals surface area contributed by atoms with Crippen LogP contribution in [0.3, 0.4) is 0 Å². The van der Waals surface area contributed by atoms with Crippen LogP contribution >= 0.6 is 0 Å². The summed E-state index contributed by atoms with van der Waals surface area (Å²) >= 11 is 0. The van der Waals surface area contributed by atoms with Gasteiger partial charge in [-0.1, -0.05) is 30.3 Å². The summed E-state index contributed by atoms with van der Waals surface area (Å²) in [5.74, 6) is -1.41. The van der Waals surface area contributed by atoms with Gasteiger partial charge in [0, 0.05) is 6.42 Å². The van der Waals surface area contributed by atoms with E-state index in [2.05, 4.69) is 10.5 Å². The highest BCUT2D eigenvalue weighted by atomic mass is 16.4. The van der Waals surface area contributed by atoms with Crippen LogP contribution in [0.1, 0.15) is 18.4 Å². The van der Waals surface area contributed by atoms with Gasteiger partial charge in [-0.05, 0) is 5.56 Å². The third kappa shape index (κ3) is 4.90. The third-order valence-corrected chi connectivity index (χ3v) is 1.77. The number of hydrogen-bond acceptors (Lipinski definition) is 3. The molecule has 0 bridgehead atoms. The summed E-state index contributed by atoms with van der Waals surface area (Å²) < 4.78 is 0. The van der Waals surface area contributed by atoms with Crippen LogP contribution in [0.5, 0.6) is 0 Å².